The molecule has 1 aromatic heterocycles. The molecule has 1 atom stereocenters. The number of aliphatic hydroxyl groups excluding tert-OH is 1. The van der Waals surface area contributed by atoms with Gasteiger partial charge in [-0.3, -0.25) is 9.59 Å². The van der Waals surface area contributed by atoms with Crippen molar-refractivity contribution in [1.82, 2.24) is 0 Å². The smallest absolute Gasteiger partial charge is 0.237 e. The number of hydrogen-bond donors (Lipinski definition) is 1. The molecule has 2 aromatic rings. The minimum Gasteiger partial charge on any atom is -0.463 e. The summed E-state index contributed by atoms with van der Waals surface area (Å²) >= 11 is 0. The number of aliphatic hydroxyl groups is 1. The van der Waals surface area contributed by atoms with E-state index in [1.165, 1.54) is 6.26 Å². The Morgan fingerprint density at radius 2 is 1.81 bits per heavy atom. The highest BCUT2D eigenvalue weighted by Gasteiger charge is 2.47. The van der Waals surface area contributed by atoms with Crippen LogP contribution >= 0.6 is 0 Å². The highest BCUT2D eigenvalue weighted by Crippen LogP contribution is 2.48. The zero-order valence-electron chi connectivity index (χ0n) is 19.5. The molecule has 0 saturated carbocycles. The maximum absolute atomic E-state index is 13.2. The van der Waals surface area contributed by atoms with Gasteiger partial charge in [0.15, 0.2) is 8.32 Å². The van der Waals surface area contributed by atoms with Crippen LogP contribution in [0, 0.1) is 0 Å². The number of benzene rings is 1. The van der Waals surface area contributed by atoms with Crippen molar-refractivity contribution < 1.29 is 23.5 Å². The van der Waals surface area contributed by atoms with E-state index in [1.54, 1.807) is 0 Å². The van der Waals surface area contributed by atoms with Gasteiger partial charge < -0.3 is 13.9 Å². The maximum Gasteiger partial charge on any atom is 0.237 e. The molecule has 0 saturated heterocycles. The van der Waals surface area contributed by atoms with Crippen LogP contribution in [-0.2, 0) is 22.9 Å². The number of carbonyl (C=O) groups is 2. The monoisotopic (exact) mass is 440 g/mol. The summed E-state index contributed by atoms with van der Waals surface area (Å²) in [5.41, 5.74) is 3.39. The summed E-state index contributed by atoms with van der Waals surface area (Å²) in [6, 6.07) is 3.95. The van der Waals surface area contributed by atoms with Crippen molar-refractivity contribution in [1.29, 1.82) is 0 Å². The molecule has 0 radical (unpaired) electrons. The molecule has 0 unspecified atom stereocenters. The SMILES string of the molecule is CC1(C)c2ccc3c(c2CC[C@@H]1O[Si](C)(C)C(C)(C)C)C(=O)C(=O)c1c(CO)coc1-3. The molecule has 1 heterocycles. The van der Waals surface area contributed by atoms with Gasteiger partial charge in [0.05, 0.1) is 24.5 Å². The van der Waals surface area contributed by atoms with Gasteiger partial charge in [-0.1, -0.05) is 46.8 Å². The first-order valence-electron chi connectivity index (χ1n) is 11.0. The van der Waals surface area contributed by atoms with E-state index < -0.39 is 19.9 Å². The van der Waals surface area contributed by atoms with Crippen molar-refractivity contribution >= 4 is 19.9 Å². The van der Waals surface area contributed by atoms with Crippen LogP contribution in [0.1, 0.15) is 78.4 Å². The molecule has 0 amide bonds. The van der Waals surface area contributed by atoms with Gasteiger partial charge in [0.25, 0.3) is 0 Å². The van der Waals surface area contributed by atoms with E-state index in [-0.39, 0.29) is 28.7 Å². The zero-order chi connectivity index (χ0) is 22.9. The molecule has 0 fully saturated rings. The van der Waals surface area contributed by atoms with Crippen molar-refractivity contribution in [3.8, 4) is 11.3 Å². The van der Waals surface area contributed by atoms with Gasteiger partial charge in [-0.05, 0) is 42.1 Å². The van der Waals surface area contributed by atoms with Gasteiger partial charge in [-0.2, -0.15) is 0 Å². The molecule has 0 aliphatic heterocycles. The first-order chi connectivity index (χ1) is 14.3. The molecule has 5 nitrogen and oxygen atoms in total. The molecule has 0 bridgehead atoms. The third-order valence-electron chi connectivity index (χ3n) is 7.65. The van der Waals surface area contributed by atoms with Crippen LogP contribution in [0.2, 0.25) is 18.1 Å². The first kappa shape index (κ1) is 22.2. The van der Waals surface area contributed by atoms with Gasteiger partial charge in [0.1, 0.15) is 5.76 Å². The minimum absolute atomic E-state index is 0.0495. The van der Waals surface area contributed by atoms with Gasteiger partial charge in [0.2, 0.25) is 11.6 Å². The molecule has 0 spiro atoms. The van der Waals surface area contributed by atoms with Gasteiger partial charge in [-0.25, -0.2) is 0 Å². The van der Waals surface area contributed by atoms with Gasteiger partial charge >= 0.3 is 0 Å². The van der Waals surface area contributed by atoms with Gasteiger partial charge in [0, 0.05) is 22.1 Å². The number of carbonyl (C=O) groups excluding carboxylic acids is 2. The molecule has 166 valence electrons. The van der Waals surface area contributed by atoms with Crippen molar-refractivity contribution in [2.24, 2.45) is 0 Å². The average Bonchev–Trinajstić information content (AvgIpc) is 3.11. The summed E-state index contributed by atoms with van der Waals surface area (Å²) in [4.78, 5) is 26.1. The fourth-order valence-electron chi connectivity index (χ4n) is 4.69. The number of ketones is 2. The molecule has 1 aromatic carbocycles. The lowest BCUT2D eigenvalue weighted by molar-refractivity contribution is 0.0805. The number of hydrogen-bond acceptors (Lipinski definition) is 5. The summed E-state index contributed by atoms with van der Waals surface area (Å²) in [6.07, 6.45) is 2.91. The Labute approximate surface area is 184 Å². The van der Waals surface area contributed by atoms with Crippen LogP contribution in [0.3, 0.4) is 0 Å². The van der Waals surface area contributed by atoms with Crippen LogP contribution in [0.5, 0.6) is 0 Å². The Kier molecular flexibility index (Phi) is 5.00. The van der Waals surface area contributed by atoms with Crippen LogP contribution in [0.15, 0.2) is 22.8 Å². The second-order valence-electron chi connectivity index (χ2n) is 10.9. The topological polar surface area (TPSA) is 76.7 Å². The lowest BCUT2D eigenvalue weighted by Crippen LogP contribution is -2.51. The molecule has 2 aliphatic carbocycles. The third-order valence-corrected chi connectivity index (χ3v) is 12.1. The Morgan fingerprint density at radius 3 is 2.42 bits per heavy atom. The van der Waals surface area contributed by atoms with E-state index in [4.69, 9.17) is 8.84 Å². The number of Topliss-reactive ketones (excluding diaryl/α,β-unsaturated/α-hetero) is 2. The number of fused-ring (bicyclic) bond motifs is 5. The normalized spacial score (nSPS) is 20.3. The molecule has 31 heavy (non-hydrogen) atoms. The molecule has 1 N–H and O–H groups in total. The van der Waals surface area contributed by atoms with E-state index in [1.807, 2.05) is 6.07 Å². The molecule has 4 rings (SSSR count). The van der Waals surface area contributed by atoms with Crippen LogP contribution in [-0.4, -0.2) is 31.1 Å². The summed E-state index contributed by atoms with van der Waals surface area (Å²) in [5.74, 6) is -0.704. The quantitative estimate of drug-likeness (QED) is 0.508. The van der Waals surface area contributed by atoms with E-state index in [0.717, 1.165) is 17.5 Å². The van der Waals surface area contributed by atoms with Crippen LogP contribution in [0.25, 0.3) is 11.3 Å². The van der Waals surface area contributed by atoms with Crippen molar-refractivity contribution in [2.75, 3.05) is 0 Å². The number of rotatable bonds is 3. The predicted octanol–water partition coefficient (Wildman–Crippen LogP) is 5.43. The largest absolute Gasteiger partial charge is 0.463 e. The van der Waals surface area contributed by atoms with Crippen LogP contribution < -0.4 is 0 Å². The molecule has 2 aliphatic rings. The van der Waals surface area contributed by atoms with E-state index in [9.17, 15) is 14.7 Å². The van der Waals surface area contributed by atoms with E-state index >= 15 is 0 Å². The second-order valence-corrected chi connectivity index (χ2v) is 15.7. The third kappa shape index (κ3) is 3.19. The lowest BCUT2D eigenvalue weighted by atomic mass is 9.67. The highest BCUT2D eigenvalue weighted by atomic mass is 28.4. The summed E-state index contributed by atoms with van der Waals surface area (Å²) in [5, 5.41) is 9.65. The molecular weight excluding hydrogens is 408 g/mol. The van der Waals surface area contributed by atoms with Gasteiger partial charge in [-0.15, -0.1) is 0 Å². The predicted molar refractivity (Wildman–Crippen MR) is 122 cm³/mol. The summed E-state index contributed by atoms with van der Waals surface area (Å²) in [6.45, 7) is 15.3. The Hall–Kier alpha value is -2.02. The van der Waals surface area contributed by atoms with Crippen molar-refractivity contribution in [2.45, 2.75) is 83.7 Å². The second kappa shape index (κ2) is 6.99. The number of furan rings is 1. The van der Waals surface area contributed by atoms with Crippen molar-refractivity contribution in [3.63, 3.8) is 0 Å². The highest BCUT2D eigenvalue weighted by molar-refractivity contribution is 6.74. The molecular formula is C25H32O5Si. The Balaban J connectivity index is 1.82. The standard InChI is InChI=1S/C25H32O5Si/c1-24(2,3)31(6,7)30-18-11-9-15-17(25(18,4)5)10-8-16-20(15)22(28)21(27)19-14(12-26)13-29-23(16)19/h8,10,13,18,26H,9,11-12H2,1-7H3/t18-/m0/s1. The van der Waals surface area contributed by atoms with E-state index in [2.05, 4.69) is 53.8 Å². The average molecular weight is 441 g/mol. The zero-order valence-corrected chi connectivity index (χ0v) is 20.5. The first-order valence-corrected chi connectivity index (χ1v) is 13.9. The lowest BCUT2D eigenvalue weighted by Gasteiger charge is -2.47. The van der Waals surface area contributed by atoms with E-state index in [0.29, 0.717) is 28.9 Å². The van der Waals surface area contributed by atoms with Crippen LogP contribution in [0.4, 0.5) is 0 Å². The fraction of sp³-hybridized carbons (Fsp3) is 0.520. The summed E-state index contributed by atoms with van der Waals surface area (Å²) < 4.78 is 12.5. The molecule has 6 heteroatoms. The minimum atomic E-state index is -1.96. The maximum atomic E-state index is 13.2. The Morgan fingerprint density at radius 1 is 1.16 bits per heavy atom. The summed E-state index contributed by atoms with van der Waals surface area (Å²) in [7, 11) is -1.96. The van der Waals surface area contributed by atoms with Crippen molar-refractivity contribution in [3.05, 3.63) is 46.2 Å². The Bertz CT molecular complexity index is 1080. The fourth-order valence-corrected chi connectivity index (χ4v) is 6.17.